The van der Waals surface area contributed by atoms with Crippen LogP contribution >= 0.6 is 30.2 Å². The molecule has 0 amide bonds. The minimum Gasteiger partial charge on any atom is -0.465 e. The van der Waals surface area contributed by atoms with Gasteiger partial charge in [0.15, 0.2) is 5.41 Å². The normalized spacial score (nSPS) is 11.4. The lowest BCUT2D eigenvalue weighted by Crippen LogP contribution is -2.43. The van der Waals surface area contributed by atoms with Crippen LogP contribution in [0, 0.1) is 17.3 Å². The second kappa shape index (κ2) is 15.8. The molecule has 0 radical (unpaired) electrons. The molecular formula is C20H32IO8P. The van der Waals surface area contributed by atoms with Gasteiger partial charge in [0.05, 0.1) is 26.4 Å². The van der Waals surface area contributed by atoms with Gasteiger partial charge in [-0.1, -0.05) is 22.6 Å². The highest BCUT2D eigenvalue weighted by Gasteiger charge is 2.53. The summed E-state index contributed by atoms with van der Waals surface area (Å²) >= 11 is 2.27. The summed E-state index contributed by atoms with van der Waals surface area (Å²) in [4.78, 5) is 38.5. The Morgan fingerprint density at radius 2 is 1.40 bits per heavy atom. The Kier molecular flexibility index (Phi) is 15.3. The third-order valence-corrected chi connectivity index (χ3v) is 6.62. The molecule has 0 spiro atoms. The fraction of sp³-hybridized carbons (Fsp3) is 0.750. The molecule has 0 unspecified atom stereocenters. The van der Waals surface area contributed by atoms with Crippen molar-refractivity contribution in [2.24, 2.45) is 5.41 Å². The fourth-order valence-corrected chi connectivity index (χ4v) is 4.50. The molecule has 0 rings (SSSR count). The molecule has 0 heterocycles. The van der Waals surface area contributed by atoms with E-state index in [0.29, 0.717) is 6.42 Å². The van der Waals surface area contributed by atoms with Crippen molar-refractivity contribution < 1.29 is 37.5 Å². The van der Waals surface area contributed by atoms with Crippen molar-refractivity contribution in [2.75, 3.05) is 30.9 Å². The number of ether oxygens (including phenoxy) is 2. The maximum atomic E-state index is 12.9. The first-order valence-corrected chi connectivity index (χ1v) is 13.1. The van der Waals surface area contributed by atoms with Crippen molar-refractivity contribution in [1.29, 1.82) is 0 Å². The van der Waals surface area contributed by atoms with Crippen molar-refractivity contribution in [3.8, 4) is 11.8 Å². The number of carbonyl (C=O) groups excluding carboxylic acids is 3. The molecule has 172 valence electrons. The summed E-state index contributed by atoms with van der Waals surface area (Å²) in [6.45, 7) is 6.19. The third kappa shape index (κ3) is 9.04. The van der Waals surface area contributed by atoms with Crippen LogP contribution in [0.2, 0.25) is 0 Å². The van der Waals surface area contributed by atoms with Gasteiger partial charge < -0.3 is 18.5 Å². The monoisotopic (exact) mass is 558 g/mol. The van der Waals surface area contributed by atoms with Crippen LogP contribution in [0.4, 0.5) is 0 Å². The van der Waals surface area contributed by atoms with Gasteiger partial charge in [0, 0.05) is 19.3 Å². The molecule has 0 aliphatic heterocycles. The summed E-state index contributed by atoms with van der Waals surface area (Å²) in [5.41, 5.74) is -3.03. The molecule has 30 heavy (non-hydrogen) atoms. The molecule has 0 fully saturated rings. The van der Waals surface area contributed by atoms with Gasteiger partial charge in [-0.15, -0.1) is 11.8 Å². The summed E-state index contributed by atoms with van der Waals surface area (Å²) < 4.78 is 34.2. The zero-order chi connectivity index (χ0) is 23.0. The predicted molar refractivity (Wildman–Crippen MR) is 121 cm³/mol. The lowest BCUT2D eigenvalue weighted by Gasteiger charge is -2.28. The second-order valence-corrected chi connectivity index (χ2v) is 9.19. The quantitative estimate of drug-likeness (QED) is 0.0558. The largest absolute Gasteiger partial charge is 0.465 e. The minimum atomic E-state index is -4.18. The zero-order valence-electron chi connectivity index (χ0n) is 18.2. The Morgan fingerprint density at radius 1 is 0.867 bits per heavy atom. The minimum absolute atomic E-state index is 0.00809. The van der Waals surface area contributed by atoms with Crippen LogP contribution in [0.1, 0.15) is 59.8 Å². The van der Waals surface area contributed by atoms with Gasteiger partial charge in [0.25, 0.3) is 0 Å². The molecule has 0 saturated carbocycles. The van der Waals surface area contributed by atoms with Gasteiger partial charge in [-0.2, -0.15) is 0 Å². The molecule has 8 nitrogen and oxygen atoms in total. The molecule has 0 atom stereocenters. The molecule has 0 aromatic heterocycles. The van der Waals surface area contributed by atoms with E-state index in [-0.39, 0.29) is 32.8 Å². The van der Waals surface area contributed by atoms with Crippen molar-refractivity contribution in [3.63, 3.8) is 0 Å². The Hall–Kier alpha value is -0.950. The second-order valence-electron chi connectivity index (χ2n) is 6.10. The topological polar surface area (TPSA) is 105 Å². The van der Waals surface area contributed by atoms with Crippen LogP contribution in [-0.4, -0.2) is 48.3 Å². The zero-order valence-corrected chi connectivity index (χ0v) is 21.2. The van der Waals surface area contributed by atoms with Crippen LogP contribution in [0.5, 0.6) is 0 Å². The van der Waals surface area contributed by atoms with E-state index in [9.17, 15) is 18.9 Å². The maximum absolute atomic E-state index is 12.9. The highest BCUT2D eigenvalue weighted by molar-refractivity contribution is 14.1. The number of alkyl halides is 1. The van der Waals surface area contributed by atoms with Gasteiger partial charge in [0.1, 0.15) is 0 Å². The fourth-order valence-electron chi connectivity index (χ4n) is 2.46. The van der Waals surface area contributed by atoms with E-state index in [1.54, 1.807) is 27.7 Å². The summed E-state index contributed by atoms with van der Waals surface area (Å²) in [6, 6.07) is 0. The number of carbonyl (C=O) groups is 3. The Labute approximate surface area is 192 Å². The number of rotatable bonds is 15. The van der Waals surface area contributed by atoms with E-state index >= 15 is 0 Å². The van der Waals surface area contributed by atoms with Gasteiger partial charge in [-0.3, -0.25) is 18.9 Å². The summed E-state index contributed by atoms with van der Waals surface area (Å²) in [6.07, 6.45) is 1.43. The molecule has 0 N–H and O–H groups in total. The lowest BCUT2D eigenvalue weighted by atomic mass is 9.81. The standard InChI is InChI=1S/C20H32IO8P/c1-5-26-18(23)20(19(24)27-6-2,14-12-10-9-11-13-15-21)16-17(22)30(25,28-7-3)29-8-4/h5-9,11,13-16H2,1-4H3. The van der Waals surface area contributed by atoms with E-state index in [1.165, 1.54) is 0 Å². The Balaban J connectivity index is 6.01. The van der Waals surface area contributed by atoms with Crippen LogP contribution in [-0.2, 0) is 37.5 Å². The smallest absolute Gasteiger partial charge is 0.396 e. The van der Waals surface area contributed by atoms with E-state index < -0.39 is 36.9 Å². The van der Waals surface area contributed by atoms with Crippen LogP contribution in [0.25, 0.3) is 0 Å². The molecule has 0 aliphatic carbocycles. The average molecular weight is 558 g/mol. The highest BCUT2D eigenvalue weighted by Crippen LogP contribution is 2.52. The average Bonchev–Trinajstić information content (AvgIpc) is 2.70. The van der Waals surface area contributed by atoms with Crippen LogP contribution in [0.15, 0.2) is 0 Å². The van der Waals surface area contributed by atoms with Crippen molar-refractivity contribution in [3.05, 3.63) is 0 Å². The number of halogens is 1. The SMILES string of the molecule is CCOC(=O)C(CC#CCCCCI)(CC(=O)P(=O)(OCC)OCC)C(=O)OCC. The van der Waals surface area contributed by atoms with Gasteiger partial charge in [-0.25, -0.2) is 0 Å². The van der Waals surface area contributed by atoms with E-state index in [0.717, 1.165) is 17.3 Å². The predicted octanol–water partition coefficient (Wildman–Crippen LogP) is 4.28. The molecule has 0 aromatic rings. The van der Waals surface area contributed by atoms with E-state index in [4.69, 9.17) is 18.5 Å². The molecule has 10 heteroatoms. The maximum Gasteiger partial charge on any atom is 0.396 e. The first kappa shape index (κ1) is 29.1. The van der Waals surface area contributed by atoms with Crippen molar-refractivity contribution >= 4 is 47.6 Å². The van der Waals surface area contributed by atoms with Crippen molar-refractivity contribution in [2.45, 2.75) is 59.8 Å². The van der Waals surface area contributed by atoms with Crippen LogP contribution in [0.3, 0.4) is 0 Å². The van der Waals surface area contributed by atoms with E-state index in [1.807, 2.05) is 0 Å². The van der Waals surface area contributed by atoms with Crippen LogP contribution < -0.4 is 0 Å². The molecule has 0 bridgehead atoms. The van der Waals surface area contributed by atoms with Gasteiger partial charge in [0.2, 0.25) is 5.52 Å². The Morgan fingerprint density at radius 3 is 1.83 bits per heavy atom. The first-order valence-electron chi connectivity index (χ1n) is 10.1. The number of esters is 2. The highest BCUT2D eigenvalue weighted by atomic mass is 127. The Bertz CT molecular complexity index is 639. The summed E-state index contributed by atoms with van der Waals surface area (Å²) in [5, 5.41) is 0. The van der Waals surface area contributed by atoms with Gasteiger partial charge >= 0.3 is 19.5 Å². The molecule has 0 saturated heterocycles. The third-order valence-electron chi connectivity index (χ3n) is 3.89. The number of unbranched alkanes of at least 4 members (excludes halogenated alkanes) is 2. The van der Waals surface area contributed by atoms with Crippen molar-refractivity contribution in [1.82, 2.24) is 0 Å². The van der Waals surface area contributed by atoms with Gasteiger partial charge in [-0.05, 0) is 45.0 Å². The number of hydrogen-bond donors (Lipinski definition) is 0. The summed E-state index contributed by atoms with van der Waals surface area (Å²) in [7, 11) is -4.18. The van der Waals surface area contributed by atoms with E-state index in [2.05, 4.69) is 34.4 Å². The summed E-state index contributed by atoms with van der Waals surface area (Å²) in [5.74, 6) is 3.83. The lowest BCUT2D eigenvalue weighted by molar-refractivity contribution is -0.173. The number of hydrogen-bond acceptors (Lipinski definition) is 8. The first-order chi connectivity index (χ1) is 14.3. The molecular weight excluding hydrogens is 526 g/mol. The molecule has 0 aliphatic rings. The molecule has 0 aromatic carbocycles.